The van der Waals surface area contributed by atoms with Gasteiger partial charge in [-0.1, -0.05) is 76.2 Å². The van der Waals surface area contributed by atoms with Crippen LogP contribution in [-0.4, -0.2) is 28.3 Å². The summed E-state index contributed by atoms with van der Waals surface area (Å²) in [6, 6.07) is 15.6. The van der Waals surface area contributed by atoms with Crippen molar-refractivity contribution in [1.29, 1.82) is 0 Å². The van der Waals surface area contributed by atoms with Crippen LogP contribution in [-0.2, 0) is 11.2 Å². The molecule has 0 bridgehead atoms. The molecule has 1 aliphatic rings. The van der Waals surface area contributed by atoms with Crippen LogP contribution in [0.3, 0.4) is 0 Å². The van der Waals surface area contributed by atoms with E-state index in [4.69, 9.17) is 23.4 Å². The number of terminal acetylenes is 1. The van der Waals surface area contributed by atoms with Crippen LogP contribution in [0.2, 0.25) is 0 Å². The largest absolute Gasteiger partial charge is 0.480 e. The molecule has 0 saturated carbocycles. The maximum Gasteiger partial charge on any atom is 0.266 e. The molecule has 1 heterocycles. The van der Waals surface area contributed by atoms with E-state index >= 15 is 0 Å². The number of carbonyl (C=O) groups excluding carboxylic acids is 1. The minimum Gasteiger partial charge on any atom is -0.480 e. The van der Waals surface area contributed by atoms with Gasteiger partial charge in [0.15, 0.2) is 0 Å². The Kier molecular flexibility index (Phi) is 6.73. The van der Waals surface area contributed by atoms with Crippen LogP contribution in [0.4, 0.5) is 0 Å². The van der Waals surface area contributed by atoms with Gasteiger partial charge in [0.1, 0.15) is 16.7 Å². The predicted octanol–water partition coefficient (Wildman–Crippen LogP) is 4.91. The Morgan fingerprint density at radius 2 is 2.04 bits per heavy atom. The molecule has 2 aromatic rings. The third-order valence-corrected chi connectivity index (χ3v) is 5.78. The first-order valence-corrected chi connectivity index (χ1v) is 10.3. The number of hydrogen-bond acceptors (Lipinski definition) is 4. The molecular formula is C21H16BrNO2S2. The lowest BCUT2D eigenvalue weighted by atomic mass is 10.1. The summed E-state index contributed by atoms with van der Waals surface area (Å²) in [4.78, 5) is 15.0. The summed E-state index contributed by atoms with van der Waals surface area (Å²) in [5.41, 5.74) is 1.95. The summed E-state index contributed by atoms with van der Waals surface area (Å²) in [6.07, 6.45) is 7.84. The van der Waals surface area contributed by atoms with Crippen molar-refractivity contribution in [3.8, 4) is 18.1 Å². The van der Waals surface area contributed by atoms with Crippen molar-refractivity contribution in [2.45, 2.75) is 6.42 Å². The topological polar surface area (TPSA) is 29.5 Å². The quantitative estimate of drug-likeness (QED) is 0.350. The van der Waals surface area contributed by atoms with E-state index in [2.05, 4.69) is 21.9 Å². The van der Waals surface area contributed by atoms with Crippen molar-refractivity contribution in [3.63, 3.8) is 0 Å². The van der Waals surface area contributed by atoms with Gasteiger partial charge in [0.05, 0.1) is 4.91 Å². The second-order valence-electron chi connectivity index (χ2n) is 5.74. The molecule has 0 N–H and O–H groups in total. The average molecular weight is 458 g/mol. The van der Waals surface area contributed by atoms with E-state index in [0.29, 0.717) is 21.5 Å². The first-order chi connectivity index (χ1) is 13.1. The summed E-state index contributed by atoms with van der Waals surface area (Å²) in [5, 5.41) is 0. The van der Waals surface area contributed by atoms with Gasteiger partial charge in [-0.3, -0.25) is 9.69 Å². The molecular weight excluding hydrogens is 442 g/mol. The van der Waals surface area contributed by atoms with Gasteiger partial charge in [-0.25, -0.2) is 0 Å². The van der Waals surface area contributed by atoms with Gasteiger partial charge in [0.25, 0.3) is 5.91 Å². The van der Waals surface area contributed by atoms with Crippen molar-refractivity contribution in [3.05, 3.63) is 69.0 Å². The number of hydrogen-bond donors (Lipinski definition) is 0. The van der Waals surface area contributed by atoms with Crippen LogP contribution in [0, 0.1) is 12.3 Å². The van der Waals surface area contributed by atoms with E-state index in [1.807, 2.05) is 48.5 Å². The molecule has 6 heteroatoms. The summed E-state index contributed by atoms with van der Waals surface area (Å²) in [5.74, 6) is 3.00. The highest BCUT2D eigenvalue weighted by Gasteiger charge is 2.31. The minimum absolute atomic E-state index is 0.0798. The van der Waals surface area contributed by atoms with Gasteiger partial charge in [0.2, 0.25) is 0 Å². The maximum atomic E-state index is 12.8. The van der Waals surface area contributed by atoms with Gasteiger partial charge in [0, 0.05) is 16.6 Å². The lowest BCUT2D eigenvalue weighted by molar-refractivity contribution is -0.122. The number of ether oxygens (including phenoxy) is 1. The van der Waals surface area contributed by atoms with Crippen LogP contribution >= 0.6 is 39.9 Å². The Morgan fingerprint density at radius 1 is 1.26 bits per heavy atom. The standard InChI is InChI=1S/C21H16BrNO2S2/c1-2-12-25-18-9-8-17(22)13-16(18)14-19-20(24)23(21(26)27-19)11-10-15-6-4-3-5-7-15/h1,3-9,13-14H,10-12H2. The lowest BCUT2D eigenvalue weighted by Crippen LogP contribution is -2.30. The van der Waals surface area contributed by atoms with Crippen LogP contribution in [0.1, 0.15) is 11.1 Å². The number of halogens is 1. The normalized spacial score (nSPS) is 15.3. The number of amides is 1. The third kappa shape index (κ3) is 5.01. The fourth-order valence-electron chi connectivity index (χ4n) is 2.60. The smallest absolute Gasteiger partial charge is 0.266 e. The minimum atomic E-state index is -0.0798. The summed E-state index contributed by atoms with van der Waals surface area (Å²) < 4.78 is 7.04. The van der Waals surface area contributed by atoms with Gasteiger partial charge in [-0.2, -0.15) is 0 Å². The van der Waals surface area contributed by atoms with Gasteiger partial charge in [-0.15, -0.1) is 6.42 Å². The van der Waals surface area contributed by atoms with Crippen molar-refractivity contribution in [2.24, 2.45) is 0 Å². The molecule has 3 rings (SSSR count). The lowest BCUT2D eigenvalue weighted by Gasteiger charge is -2.14. The van der Waals surface area contributed by atoms with Crippen molar-refractivity contribution in [1.82, 2.24) is 4.90 Å². The van der Waals surface area contributed by atoms with Crippen LogP contribution in [0.25, 0.3) is 6.08 Å². The van der Waals surface area contributed by atoms with E-state index in [9.17, 15) is 4.79 Å². The molecule has 2 aromatic carbocycles. The Hall–Kier alpha value is -2.07. The third-order valence-electron chi connectivity index (χ3n) is 3.91. The van der Waals surface area contributed by atoms with E-state index in [0.717, 1.165) is 16.5 Å². The Morgan fingerprint density at radius 3 is 2.78 bits per heavy atom. The molecule has 0 aliphatic carbocycles. The highest BCUT2D eigenvalue weighted by molar-refractivity contribution is 9.10. The fraction of sp³-hybridized carbons (Fsp3) is 0.143. The Labute approximate surface area is 176 Å². The van der Waals surface area contributed by atoms with Gasteiger partial charge < -0.3 is 4.74 Å². The second-order valence-corrected chi connectivity index (χ2v) is 8.34. The summed E-state index contributed by atoms with van der Waals surface area (Å²) >= 11 is 10.2. The van der Waals surface area contributed by atoms with E-state index < -0.39 is 0 Å². The number of benzene rings is 2. The molecule has 1 fully saturated rings. The maximum absolute atomic E-state index is 12.8. The van der Waals surface area contributed by atoms with Crippen molar-refractivity contribution >= 4 is 56.2 Å². The highest BCUT2D eigenvalue weighted by atomic mass is 79.9. The predicted molar refractivity (Wildman–Crippen MR) is 118 cm³/mol. The fourth-order valence-corrected chi connectivity index (χ4v) is 4.28. The molecule has 0 aromatic heterocycles. The van der Waals surface area contributed by atoms with Crippen LogP contribution in [0.5, 0.6) is 5.75 Å². The monoisotopic (exact) mass is 457 g/mol. The number of nitrogens with zero attached hydrogens (tertiary/aromatic N) is 1. The summed E-state index contributed by atoms with van der Waals surface area (Å²) in [7, 11) is 0. The molecule has 0 atom stereocenters. The number of carbonyl (C=O) groups is 1. The Balaban J connectivity index is 1.78. The van der Waals surface area contributed by atoms with Crippen molar-refractivity contribution in [2.75, 3.05) is 13.2 Å². The molecule has 1 aliphatic heterocycles. The first-order valence-electron chi connectivity index (χ1n) is 8.23. The number of thiocarbonyl (C=S) groups is 1. The zero-order valence-corrected chi connectivity index (χ0v) is 17.6. The molecule has 1 amide bonds. The summed E-state index contributed by atoms with van der Waals surface area (Å²) in [6.45, 7) is 0.728. The molecule has 136 valence electrons. The average Bonchev–Trinajstić information content (AvgIpc) is 2.93. The molecule has 0 spiro atoms. The van der Waals surface area contributed by atoms with Gasteiger partial charge >= 0.3 is 0 Å². The Bertz CT molecular complexity index is 935. The SMILES string of the molecule is C#CCOc1ccc(Br)cc1C=C1SC(=S)N(CCc2ccccc2)C1=O. The van der Waals surface area contributed by atoms with E-state index in [-0.39, 0.29) is 12.5 Å². The van der Waals surface area contributed by atoms with E-state index in [1.165, 1.54) is 17.3 Å². The molecule has 1 saturated heterocycles. The van der Waals surface area contributed by atoms with Gasteiger partial charge in [-0.05, 0) is 36.3 Å². The highest BCUT2D eigenvalue weighted by Crippen LogP contribution is 2.35. The number of rotatable bonds is 6. The zero-order valence-electron chi connectivity index (χ0n) is 14.4. The van der Waals surface area contributed by atoms with Crippen LogP contribution in [0.15, 0.2) is 57.9 Å². The molecule has 0 unspecified atom stereocenters. The van der Waals surface area contributed by atoms with E-state index in [1.54, 1.807) is 11.0 Å². The van der Waals surface area contributed by atoms with Crippen molar-refractivity contribution < 1.29 is 9.53 Å². The first kappa shape index (κ1) is 19.7. The molecule has 3 nitrogen and oxygen atoms in total. The zero-order chi connectivity index (χ0) is 19.2. The molecule has 27 heavy (non-hydrogen) atoms. The van der Waals surface area contributed by atoms with Crippen LogP contribution < -0.4 is 4.74 Å². The molecule has 0 radical (unpaired) electrons. The number of thioether (sulfide) groups is 1. The second kappa shape index (κ2) is 9.23.